The van der Waals surface area contributed by atoms with Crippen molar-refractivity contribution in [3.8, 4) is 0 Å². The minimum absolute atomic E-state index is 0.191. The van der Waals surface area contributed by atoms with Crippen molar-refractivity contribution >= 4 is 11.6 Å². The number of halogens is 1. The first-order valence-corrected chi connectivity index (χ1v) is 5.30. The van der Waals surface area contributed by atoms with Crippen LogP contribution in [-0.2, 0) is 4.79 Å². The SMILES string of the molecule is CN1CC=C(C(=O)Nc2ccc(F)cc2)N1C. The van der Waals surface area contributed by atoms with Crippen LogP contribution < -0.4 is 5.32 Å². The minimum Gasteiger partial charge on any atom is -0.321 e. The third-order valence-corrected chi connectivity index (χ3v) is 2.74. The lowest BCUT2D eigenvalue weighted by atomic mass is 10.3. The van der Waals surface area contributed by atoms with E-state index < -0.39 is 0 Å². The normalized spacial score (nSPS) is 15.9. The van der Waals surface area contributed by atoms with Crippen molar-refractivity contribution < 1.29 is 9.18 Å². The lowest BCUT2D eigenvalue weighted by Gasteiger charge is -2.23. The molecule has 5 heteroatoms. The Labute approximate surface area is 99.3 Å². The van der Waals surface area contributed by atoms with Gasteiger partial charge >= 0.3 is 0 Å². The molecule has 17 heavy (non-hydrogen) atoms. The maximum atomic E-state index is 12.7. The number of benzene rings is 1. The molecule has 0 aromatic heterocycles. The minimum atomic E-state index is -0.320. The first-order valence-electron chi connectivity index (χ1n) is 5.30. The number of carbonyl (C=O) groups is 1. The van der Waals surface area contributed by atoms with Crippen LogP contribution in [0, 0.1) is 5.82 Å². The number of anilines is 1. The molecule has 0 bridgehead atoms. The molecular formula is C12H14FN3O. The van der Waals surface area contributed by atoms with Gasteiger partial charge in [-0.2, -0.15) is 0 Å². The highest BCUT2D eigenvalue weighted by Crippen LogP contribution is 2.15. The highest BCUT2D eigenvalue weighted by Gasteiger charge is 2.22. The van der Waals surface area contributed by atoms with Gasteiger partial charge in [-0.05, 0) is 30.3 Å². The van der Waals surface area contributed by atoms with Gasteiger partial charge in [0.2, 0.25) is 0 Å². The second kappa shape index (κ2) is 4.55. The van der Waals surface area contributed by atoms with Gasteiger partial charge in [-0.3, -0.25) is 4.79 Å². The summed E-state index contributed by atoms with van der Waals surface area (Å²) in [4.78, 5) is 11.9. The van der Waals surface area contributed by atoms with E-state index in [1.807, 2.05) is 25.2 Å². The van der Waals surface area contributed by atoms with Crippen LogP contribution in [0.3, 0.4) is 0 Å². The Morgan fingerprint density at radius 2 is 1.94 bits per heavy atom. The molecule has 90 valence electrons. The molecule has 0 aliphatic carbocycles. The van der Waals surface area contributed by atoms with E-state index in [1.165, 1.54) is 24.3 Å². The van der Waals surface area contributed by atoms with Crippen molar-refractivity contribution in [2.24, 2.45) is 0 Å². The molecule has 1 aromatic rings. The highest BCUT2D eigenvalue weighted by atomic mass is 19.1. The second-order valence-corrected chi connectivity index (χ2v) is 3.91. The standard InChI is InChI=1S/C12H14FN3O/c1-15-8-7-11(16(15)2)12(17)14-10-5-3-9(13)4-6-10/h3-7H,8H2,1-2H3,(H,14,17). The largest absolute Gasteiger partial charge is 0.321 e. The molecule has 2 rings (SSSR count). The Balaban J connectivity index is 2.05. The topological polar surface area (TPSA) is 35.6 Å². The Hall–Kier alpha value is -1.88. The van der Waals surface area contributed by atoms with E-state index in [-0.39, 0.29) is 11.7 Å². The van der Waals surface area contributed by atoms with Crippen LogP contribution in [0.5, 0.6) is 0 Å². The van der Waals surface area contributed by atoms with Crippen molar-refractivity contribution in [3.05, 3.63) is 41.9 Å². The number of hydrogen-bond acceptors (Lipinski definition) is 3. The first-order chi connectivity index (χ1) is 8.08. The van der Waals surface area contributed by atoms with Gasteiger partial charge in [0.25, 0.3) is 5.91 Å². The number of carbonyl (C=O) groups excluding carboxylic acids is 1. The highest BCUT2D eigenvalue weighted by molar-refractivity contribution is 6.03. The summed E-state index contributed by atoms with van der Waals surface area (Å²) in [5.41, 5.74) is 1.18. The predicted molar refractivity (Wildman–Crippen MR) is 63.5 cm³/mol. The van der Waals surface area contributed by atoms with E-state index >= 15 is 0 Å². The van der Waals surface area contributed by atoms with Gasteiger partial charge in [0, 0.05) is 26.3 Å². The summed E-state index contributed by atoms with van der Waals surface area (Å²) in [6.07, 6.45) is 1.85. The first kappa shape index (κ1) is 11.6. The summed E-state index contributed by atoms with van der Waals surface area (Å²) in [7, 11) is 3.72. The van der Waals surface area contributed by atoms with Crippen molar-refractivity contribution in [1.82, 2.24) is 10.0 Å². The average molecular weight is 235 g/mol. The summed E-state index contributed by atoms with van der Waals surface area (Å²) >= 11 is 0. The summed E-state index contributed by atoms with van der Waals surface area (Å²) in [6, 6.07) is 5.70. The fraction of sp³-hybridized carbons (Fsp3) is 0.250. The molecule has 0 radical (unpaired) electrons. The van der Waals surface area contributed by atoms with Gasteiger partial charge in [-0.1, -0.05) is 0 Å². The van der Waals surface area contributed by atoms with Crippen LogP contribution in [0.25, 0.3) is 0 Å². The molecule has 4 nitrogen and oxygen atoms in total. The molecule has 0 spiro atoms. The van der Waals surface area contributed by atoms with Gasteiger partial charge in [-0.25, -0.2) is 9.40 Å². The van der Waals surface area contributed by atoms with Gasteiger partial charge in [-0.15, -0.1) is 0 Å². The predicted octanol–water partition coefficient (Wildman–Crippen LogP) is 1.44. The zero-order valence-electron chi connectivity index (χ0n) is 9.77. The zero-order chi connectivity index (χ0) is 12.4. The van der Waals surface area contributed by atoms with E-state index in [0.29, 0.717) is 17.9 Å². The van der Waals surface area contributed by atoms with Crippen LogP contribution in [-0.4, -0.2) is 36.6 Å². The molecule has 0 saturated carbocycles. The molecule has 0 unspecified atom stereocenters. The Kier molecular flexibility index (Phi) is 3.10. The van der Waals surface area contributed by atoms with E-state index in [0.717, 1.165) is 0 Å². The van der Waals surface area contributed by atoms with Gasteiger partial charge in [0.05, 0.1) is 0 Å². The summed E-state index contributed by atoms with van der Waals surface area (Å²) in [5.74, 6) is -0.511. The molecule has 1 N–H and O–H groups in total. The molecule has 1 heterocycles. The number of amides is 1. The fourth-order valence-electron chi connectivity index (χ4n) is 1.63. The Morgan fingerprint density at radius 3 is 2.47 bits per heavy atom. The molecule has 1 aliphatic rings. The Bertz CT molecular complexity index is 455. The van der Waals surface area contributed by atoms with E-state index in [2.05, 4.69) is 5.32 Å². The maximum Gasteiger partial charge on any atom is 0.273 e. The molecular weight excluding hydrogens is 221 g/mol. The van der Waals surface area contributed by atoms with Crippen molar-refractivity contribution in [3.63, 3.8) is 0 Å². The lowest BCUT2D eigenvalue weighted by Crippen LogP contribution is -2.34. The molecule has 0 saturated heterocycles. The fourth-order valence-corrected chi connectivity index (χ4v) is 1.63. The Morgan fingerprint density at radius 1 is 1.29 bits per heavy atom. The molecule has 0 fully saturated rings. The summed E-state index contributed by atoms with van der Waals surface area (Å²) in [5, 5.41) is 6.41. The van der Waals surface area contributed by atoms with Crippen LogP contribution in [0.4, 0.5) is 10.1 Å². The molecule has 0 atom stereocenters. The van der Waals surface area contributed by atoms with E-state index in [4.69, 9.17) is 0 Å². The molecule has 1 amide bonds. The van der Waals surface area contributed by atoms with Crippen LogP contribution in [0.2, 0.25) is 0 Å². The number of hydrogen-bond donors (Lipinski definition) is 1. The van der Waals surface area contributed by atoms with Gasteiger partial charge in [0.15, 0.2) is 0 Å². The number of likely N-dealkylation sites (N-methyl/N-ethyl adjacent to an activating group) is 2. The second-order valence-electron chi connectivity index (χ2n) is 3.91. The van der Waals surface area contributed by atoms with Crippen LogP contribution >= 0.6 is 0 Å². The lowest BCUT2D eigenvalue weighted by molar-refractivity contribution is -0.115. The third kappa shape index (κ3) is 2.45. The van der Waals surface area contributed by atoms with Gasteiger partial charge < -0.3 is 10.3 Å². The quantitative estimate of drug-likeness (QED) is 0.842. The number of rotatable bonds is 2. The third-order valence-electron chi connectivity index (χ3n) is 2.74. The van der Waals surface area contributed by atoms with Crippen molar-refractivity contribution in [1.29, 1.82) is 0 Å². The zero-order valence-corrected chi connectivity index (χ0v) is 9.77. The molecule has 1 aliphatic heterocycles. The molecule has 1 aromatic carbocycles. The summed E-state index contributed by atoms with van der Waals surface area (Å²) in [6.45, 7) is 0.711. The smallest absolute Gasteiger partial charge is 0.273 e. The number of nitrogens with zero attached hydrogens (tertiary/aromatic N) is 2. The van der Waals surface area contributed by atoms with E-state index in [9.17, 15) is 9.18 Å². The number of nitrogens with one attached hydrogen (secondary N) is 1. The van der Waals surface area contributed by atoms with Gasteiger partial charge in [0.1, 0.15) is 11.5 Å². The number of hydrazine groups is 1. The van der Waals surface area contributed by atoms with Crippen molar-refractivity contribution in [2.45, 2.75) is 0 Å². The van der Waals surface area contributed by atoms with Crippen LogP contribution in [0.1, 0.15) is 0 Å². The van der Waals surface area contributed by atoms with E-state index in [1.54, 1.807) is 5.01 Å². The average Bonchev–Trinajstić information content (AvgIpc) is 2.63. The summed E-state index contributed by atoms with van der Waals surface area (Å²) < 4.78 is 12.7. The monoisotopic (exact) mass is 235 g/mol. The van der Waals surface area contributed by atoms with Crippen LogP contribution in [0.15, 0.2) is 36.0 Å². The maximum absolute atomic E-state index is 12.7. The van der Waals surface area contributed by atoms with Crippen molar-refractivity contribution in [2.75, 3.05) is 26.0 Å².